The van der Waals surface area contributed by atoms with Gasteiger partial charge in [-0.2, -0.15) is 0 Å². The fourth-order valence-corrected chi connectivity index (χ4v) is 2.70. The zero-order valence-corrected chi connectivity index (χ0v) is 13.5. The Labute approximate surface area is 140 Å². The van der Waals surface area contributed by atoms with E-state index in [2.05, 4.69) is 4.98 Å². The third kappa shape index (κ3) is 3.90. The first-order valence-corrected chi connectivity index (χ1v) is 7.90. The molecule has 4 nitrogen and oxygen atoms in total. The molecule has 0 amide bonds. The number of aryl methyl sites for hydroxylation is 2. The molecular formula is C20H19NO3. The summed E-state index contributed by atoms with van der Waals surface area (Å²) in [4.78, 5) is 15.4. The van der Waals surface area contributed by atoms with Gasteiger partial charge in [-0.25, -0.2) is 0 Å². The molecule has 0 saturated carbocycles. The lowest BCUT2D eigenvalue weighted by Crippen LogP contribution is -2.00. The van der Waals surface area contributed by atoms with E-state index in [0.29, 0.717) is 13.0 Å². The smallest absolute Gasteiger partial charge is 0.303 e. The fourth-order valence-electron chi connectivity index (χ4n) is 2.70. The van der Waals surface area contributed by atoms with Crippen LogP contribution in [0.3, 0.4) is 0 Å². The molecule has 0 spiro atoms. The quantitative estimate of drug-likeness (QED) is 0.741. The van der Waals surface area contributed by atoms with Crippen LogP contribution in [0.2, 0.25) is 0 Å². The second-order valence-electron chi connectivity index (χ2n) is 5.77. The number of hydrogen-bond donors (Lipinski definition) is 1. The van der Waals surface area contributed by atoms with E-state index >= 15 is 0 Å². The highest BCUT2D eigenvalue weighted by atomic mass is 16.5. The van der Waals surface area contributed by atoms with Gasteiger partial charge in [-0.1, -0.05) is 30.3 Å². The average Bonchev–Trinajstić information content (AvgIpc) is 2.58. The number of hydrogen-bond acceptors (Lipinski definition) is 3. The lowest BCUT2D eigenvalue weighted by molar-refractivity contribution is -0.136. The maximum absolute atomic E-state index is 10.9. The summed E-state index contributed by atoms with van der Waals surface area (Å²) >= 11 is 0. The number of ether oxygens (including phenoxy) is 1. The molecule has 24 heavy (non-hydrogen) atoms. The molecule has 1 heterocycles. The summed E-state index contributed by atoms with van der Waals surface area (Å²) in [6, 6.07) is 17.7. The standard InChI is InChI=1S/C20H19NO3/c1-14-11-16(7-10-20(22)23)18-12-17(8-9-19(18)21-14)24-13-15-5-3-2-4-6-15/h2-6,8-9,11-12H,7,10,13H2,1H3,(H,22,23). The van der Waals surface area contributed by atoms with Crippen LogP contribution in [0.1, 0.15) is 23.2 Å². The molecule has 4 heteroatoms. The van der Waals surface area contributed by atoms with E-state index in [1.54, 1.807) is 0 Å². The van der Waals surface area contributed by atoms with Crippen molar-refractivity contribution in [3.05, 3.63) is 71.4 Å². The van der Waals surface area contributed by atoms with Gasteiger partial charge in [-0.15, -0.1) is 0 Å². The van der Waals surface area contributed by atoms with Crippen LogP contribution >= 0.6 is 0 Å². The van der Waals surface area contributed by atoms with Crippen molar-refractivity contribution in [2.75, 3.05) is 0 Å². The van der Waals surface area contributed by atoms with E-state index in [9.17, 15) is 4.79 Å². The van der Waals surface area contributed by atoms with Gasteiger partial charge >= 0.3 is 5.97 Å². The highest BCUT2D eigenvalue weighted by Gasteiger charge is 2.08. The van der Waals surface area contributed by atoms with Crippen LogP contribution in [0.5, 0.6) is 5.75 Å². The van der Waals surface area contributed by atoms with Crippen molar-refractivity contribution in [1.82, 2.24) is 4.98 Å². The molecule has 1 aromatic heterocycles. The zero-order chi connectivity index (χ0) is 16.9. The SMILES string of the molecule is Cc1cc(CCC(=O)O)c2cc(OCc3ccccc3)ccc2n1. The Morgan fingerprint density at radius 3 is 2.67 bits per heavy atom. The van der Waals surface area contributed by atoms with Gasteiger partial charge in [0.05, 0.1) is 5.52 Å². The topological polar surface area (TPSA) is 59.4 Å². The third-order valence-corrected chi connectivity index (χ3v) is 3.85. The Kier molecular flexibility index (Phi) is 4.75. The maximum atomic E-state index is 10.9. The summed E-state index contributed by atoms with van der Waals surface area (Å²) < 4.78 is 5.87. The molecule has 1 N–H and O–H groups in total. The number of pyridine rings is 1. The van der Waals surface area contributed by atoms with E-state index < -0.39 is 5.97 Å². The molecule has 0 bridgehead atoms. The molecule has 0 aliphatic heterocycles. The van der Waals surface area contributed by atoms with Crippen molar-refractivity contribution in [2.45, 2.75) is 26.4 Å². The van der Waals surface area contributed by atoms with Crippen molar-refractivity contribution in [3.8, 4) is 5.75 Å². The normalized spacial score (nSPS) is 10.7. The number of benzene rings is 2. The number of aromatic nitrogens is 1. The fraction of sp³-hybridized carbons (Fsp3) is 0.200. The van der Waals surface area contributed by atoms with E-state index in [1.165, 1.54) is 0 Å². The molecule has 0 unspecified atom stereocenters. The lowest BCUT2D eigenvalue weighted by atomic mass is 10.0. The Morgan fingerprint density at radius 1 is 1.12 bits per heavy atom. The zero-order valence-electron chi connectivity index (χ0n) is 13.5. The van der Waals surface area contributed by atoms with Crippen molar-refractivity contribution in [1.29, 1.82) is 0 Å². The Balaban J connectivity index is 1.86. The van der Waals surface area contributed by atoms with Gasteiger partial charge in [0, 0.05) is 17.5 Å². The van der Waals surface area contributed by atoms with Gasteiger partial charge in [0.15, 0.2) is 0 Å². The largest absolute Gasteiger partial charge is 0.489 e. The molecule has 122 valence electrons. The third-order valence-electron chi connectivity index (χ3n) is 3.85. The number of nitrogens with zero attached hydrogens (tertiary/aromatic N) is 1. The molecule has 0 saturated heterocycles. The summed E-state index contributed by atoms with van der Waals surface area (Å²) in [6.07, 6.45) is 0.588. The second-order valence-corrected chi connectivity index (χ2v) is 5.77. The molecule has 0 fully saturated rings. The predicted octanol–water partition coefficient (Wildman–Crippen LogP) is 4.14. The number of carboxylic acids is 1. The second kappa shape index (κ2) is 7.13. The minimum absolute atomic E-state index is 0.105. The van der Waals surface area contributed by atoms with Crippen LogP contribution in [0.25, 0.3) is 10.9 Å². The Morgan fingerprint density at radius 2 is 1.92 bits per heavy atom. The van der Waals surface area contributed by atoms with E-state index in [1.807, 2.05) is 61.5 Å². The summed E-state index contributed by atoms with van der Waals surface area (Å²) in [7, 11) is 0. The van der Waals surface area contributed by atoms with Crippen LogP contribution in [0.4, 0.5) is 0 Å². The maximum Gasteiger partial charge on any atom is 0.303 e. The van der Waals surface area contributed by atoms with Crippen molar-refractivity contribution < 1.29 is 14.6 Å². The summed E-state index contributed by atoms with van der Waals surface area (Å²) in [5.74, 6) is -0.0392. The molecular weight excluding hydrogens is 302 g/mol. The molecule has 2 aromatic carbocycles. The number of rotatable bonds is 6. The number of carbonyl (C=O) groups is 1. The molecule has 3 rings (SSSR count). The van der Waals surface area contributed by atoms with E-state index in [4.69, 9.17) is 9.84 Å². The molecule has 0 radical (unpaired) electrons. The van der Waals surface area contributed by atoms with Crippen LogP contribution in [-0.2, 0) is 17.8 Å². The van der Waals surface area contributed by atoms with E-state index in [-0.39, 0.29) is 6.42 Å². The van der Waals surface area contributed by atoms with Crippen molar-refractivity contribution in [2.24, 2.45) is 0 Å². The number of aliphatic carboxylic acids is 1. The summed E-state index contributed by atoms with van der Waals surface area (Å²) in [5, 5.41) is 9.89. The lowest BCUT2D eigenvalue weighted by Gasteiger charge is -2.10. The van der Waals surface area contributed by atoms with Crippen LogP contribution in [0.15, 0.2) is 54.6 Å². The van der Waals surface area contributed by atoms with Crippen molar-refractivity contribution >= 4 is 16.9 Å². The first-order valence-electron chi connectivity index (χ1n) is 7.90. The monoisotopic (exact) mass is 321 g/mol. The predicted molar refractivity (Wildman–Crippen MR) is 93.2 cm³/mol. The molecule has 0 atom stereocenters. The first kappa shape index (κ1) is 16.0. The minimum Gasteiger partial charge on any atom is -0.489 e. The van der Waals surface area contributed by atoms with Crippen molar-refractivity contribution in [3.63, 3.8) is 0 Å². The Hall–Kier alpha value is -2.88. The summed E-state index contributed by atoms with van der Waals surface area (Å²) in [6.45, 7) is 2.42. The number of carboxylic acid groups (broad SMARTS) is 1. The minimum atomic E-state index is -0.797. The van der Waals surface area contributed by atoms with Gasteiger partial charge < -0.3 is 9.84 Å². The highest BCUT2D eigenvalue weighted by molar-refractivity contribution is 5.84. The van der Waals surface area contributed by atoms with Gasteiger partial charge in [0.1, 0.15) is 12.4 Å². The van der Waals surface area contributed by atoms with Crippen LogP contribution in [0, 0.1) is 6.92 Å². The highest BCUT2D eigenvalue weighted by Crippen LogP contribution is 2.25. The Bertz CT molecular complexity index is 859. The number of fused-ring (bicyclic) bond motifs is 1. The van der Waals surface area contributed by atoms with Gasteiger partial charge in [0.25, 0.3) is 0 Å². The van der Waals surface area contributed by atoms with Gasteiger partial charge in [0.2, 0.25) is 0 Å². The average molecular weight is 321 g/mol. The van der Waals surface area contributed by atoms with Gasteiger partial charge in [-0.05, 0) is 48.7 Å². The first-order chi connectivity index (χ1) is 11.6. The van der Waals surface area contributed by atoms with Gasteiger partial charge in [-0.3, -0.25) is 9.78 Å². The van der Waals surface area contributed by atoms with Crippen LogP contribution < -0.4 is 4.74 Å². The molecule has 0 aliphatic carbocycles. The molecule has 0 aliphatic rings. The molecule has 3 aromatic rings. The van der Waals surface area contributed by atoms with E-state index in [0.717, 1.165) is 33.5 Å². The summed E-state index contributed by atoms with van der Waals surface area (Å²) in [5.41, 5.74) is 3.85. The van der Waals surface area contributed by atoms with Crippen LogP contribution in [-0.4, -0.2) is 16.1 Å².